The summed E-state index contributed by atoms with van der Waals surface area (Å²) in [6.07, 6.45) is -0.360. The van der Waals surface area contributed by atoms with Gasteiger partial charge in [-0.05, 0) is 76.4 Å². The zero-order chi connectivity index (χ0) is 31.4. The first-order valence-electron chi connectivity index (χ1n) is 14.3. The molecule has 2 fully saturated rings. The fourth-order valence-corrected chi connectivity index (χ4v) is 6.89. The van der Waals surface area contributed by atoms with Crippen LogP contribution in [0.2, 0.25) is 0 Å². The molecule has 15 heteroatoms. The summed E-state index contributed by atoms with van der Waals surface area (Å²) in [5.74, 6) is -0.746. The summed E-state index contributed by atoms with van der Waals surface area (Å²) < 4.78 is 72.0. The van der Waals surface area contributed by atoms with Gasteiger partial charge in [0.25, 0.3) is 15.6 Å². The number of fused-ring (bicyclic) bond motifs is 1. The molecule has 1 aliphatic heterocycles. The largest absolute Gasteiger partial charge is 0.489 e. The summed E-state index contributed by atoms with van der Waals surface area (Å²) in [5, 5.41) is 7.58. The number of alkyl halides is 3. The summed E-state index contributed by atoms with van der Waals surface area (Å²) in [4.78, 5) is 25.2. The fraction of sp³-hybridized carbons (Fsp3) is 0.448. The molecule has 0 bridgehead atoms. The van der Waals surface area contributed by atoms with Gasteiger partial charge >= 0.3 is 6.18 Å². The van der Waals surface area contributed by atoms with Crippen molar-refractivity contribution in [3.05, 3.63) is 58.3 Å². The topological polar surface area (TPSA) is 124 Å². The number of hydrogen-bond donors (Lipinski definition) is 1. The molecule has 1 atom stereocenters. The van der Waals surface area contributed by atoms with Crippen molar-refractivity contribution in [2.24, 2.45) is 5.92 Å². The third kappa shape index (κ3) is 6.29. The van der Waals surface area contributed by atoms with Crippen molar-refractivity contribution in [3.63, 3.8) is 0 Å². The maximum absolute atomic E-state index is 13.9. The van der Waals surface area contributed by atoms with Gasteiger partial charge in [0.2, 0.25) is 5.95 Å². The number of likely N-dealkylation sites (N-methyl/N-ethyl adjacent to an activating group) is 1. The smallest absolute Gasteiger partial charge is 0.404 e. The first-order chi connectivity index (χ1) is 20.8. The molecule has 4 aromatic rings. The number of aryl methyl sites for hydroxylation is 1. The number of hydrogen-bond acceptors (Lipinski definition) is 9. The van der Waals surface area contributed by atoms with E-state index in [1.165, 1.54) is 24.5 Å². The van der Waals surface area contributed by atoms with Crippen molar-refractivity contribution in [1.82, 2.24) is 28.6 Å². The highest BCUT2D eigenvalue weighted by molar-refractivity contribution is 7.89. The number of benzene rings is 1. The quantitative estimate of drug-likeness (QED) is 0.289. The van der Waals surface area contributed by atoms with E-state index in [4.69, 9.17) is 4.74 Å². The van der Waals surface area contributed by atoms with Crippen LogP contribution in [0.5, 0.6) is 5.75 Å². The van der Waals surface area contributed by atoms with E-state index in [0.717, 1.165) is 43.8 Å². The number of nitrogens with one attached hydrogen (secondary N) is 1. The van der Waals surface area contributed by atoms with Crippen LogP contribution in [0.25, 0.3) is 22.2 Å². The molecule has 3 aromatic heterocycles. The summed E-state index contributed by atoms with van der Waals surface area (Å²) in [6, 6.07) is 9.00. The predicted molar refractivity (Wildman–Crippen MR) is 159 cm³/mol. The lowest BCUT2D eigenvalue weighted by atomic mass is 10.0. The van der Waals surface area contributed by atoms with Crippen LogP contribution < -0.4 is 15.6 Å². The van der Waals surface area contributed by atoms with E-state index in [9.17, 15) is 26.4 Å². The van der Waals surface area contributed by atoms with E-state index in [2.05, 4.69) is 32.3 Å². The fourth-order valence-electron chi connectivity index (χ4n) is 5.60. The molecule has 1 aromatic carbocycles. The van der Waals surface area contributed by atoms with Gasteiger partial charge in [-0.1, -0.05) is 0 Å². The summed E-state index contributed by atoms with van der Waals surface area (Å²) >= 11 is 0. The molecule has 6 rings (SSSR count). The van der Waals surface area contributed by atoms with Gasteiger partial charge in [0.05, 0.1) is 17.0 Å². The lowest BCUT2D eigenvalue weighted by Gasteiger charge is -2.15. The summed E-state index contributed by atoms with van der Waals surface area (Å²) in [5.41, 5.74) is 1.01. The van der Waals surface area contributed by atoms with Crippen LogP contribution in [-0.2, 0) is 16.6 Å². The minimum atomic E-state index is -4.95. The van der Waals surface area contributed by atoms with Gasteiger partial charge < -0.3 is 15.0 Å². The Hall–Kier alpha value is -3.98. The minimum absolute atomic E-state index is 0.0762. The van der Waals surface area contributed by atoms with Crippen LogP contribution in [0.1, 0.15) is 30.7 Å². The minimum Gasteiger partial charge on any atom is -0.489 e. The second kappa shape index (κ2) is 11.2. The highest BCUT2D eigenvalue weighted by atomic mass is 32.2. The van der Waals surface area contributed by atoms with Crippen molar-refractivity contribution in [3.8, 4) is 16.9 Å². The van der Waals surface area contributed by atoms with E-state index in [-0.39, 0.29) is 40.5 Å². The molecule has 1 unspecified atom stereocenters. The zero-order valence-electron chi connectivity index (χ0n) is 24.4. The van der Waals surface area contributed by atoms with Crippen LogP contribution in [0.4, 0.5) is 24.8 Å². The van der Waals surface area contributed by atoms with Crippen LogP contribution in [0, 0.1) is 19.8 Å². The van der Waals surface area contributed by atoms with Gasteiger partial charge in [-0.2, -0.15) is 27.3 Å². The van der Waals surface area contributed by atoms with E-state index >= 15 is 0 Å². The Morgan fingerprint density at radius 3 is 2.48 bits per heavy atom. The number of halogens is 3. The number of aromatic nitrogens is 5. The van der Waals surface area contributed by atoms with E-state index in [0.29, 0.717) is 21.7 Å². The molecule has 44 heavy (non-hydrogen) atoms. The standard InChI is InChI=1S/C29H32F3N7O4S/c1-17-25(18(2)39(36-17)44(41,42)16-29(30,31)32)24-12-20-13-33-28(35-26(20)38(27(24)40)14-19-4-5-19)34-21-6-8-22(9-7-21)43-23-10-11-37(3)15-23/h6-9,12-13,19,23H,4-5,10-11,14-16H2,1-3H3,(H,33,34,35). The molecule has 2 aliphatic rings. The molecule has 1 saturated carbocycles. The van der Waals surface area contributed by atoms with Crippen molar-refractivity contribution in [1.29, 1.82) is 0 Å². The normalized spacial score (nSPS) is 17.8. The Balaban J connectivity index is 1.33. The van der Waals surface area contributed by atoms with Gasteiger partial charge in [-0.3, -0.25) is 9.36 Å². The molecule has 0 radical (unpaired) electrons. The first kappa shape index (κ1) is 30.1. The zero-order valence-corrected chi connectivity index (χ0v) is 25.2. The van der Waals surface area contributed by atoms with Crippen LogP contribution >= 0.6 is 0 Å². The maximum atomic E-state index is 13.9. The van der Waals surface area contributed by atoms with Gasteiger partial charge in [0.15, 0.2) is 5.75 Å². The number of ether oxygens (including phenoxy) is 1. The number of pyridine rings is 1. The average Bonchev–Trinajstić information content (AvgIpc) is 3.59. The molecule has 1 aliphatic carbocycles. The van der Waals surface area contributed by atoms with Gasteiger partial charge in [0.1, 0.15) is 17.5 Å². The van der Waals surface area contributed by atoms with Crippen molar-refractivity contribution < 1.29 is 26.3 Å². The van der Waals surface area contributed by atoms with E-state index < -0.39 is 27.5 Å². The van der Waals surface area contributed by atoms with Crippen LogP contribution in [-0.4, -0.2) is 75.2 Å². The van der Waals surface area contributed by atoms with Gasteiger partial charge in [0, 0.05) is 42.5 Å². The highest BCUT2D eigenvalue weighted by Gasteiger charge is 2.38. The number of nitrogens with zero attached hydrogens (tertiary/aromatic N) is 6. The Morgan fingerprint density at radius 1 is 1.11 bits per heavy atom. The molecule has 1 saturated heterocycles. The second-order valence-electron chi connectivity index (χ2n) is 11.6. The van der Waals surface area contributed by atoms with Crippen molar-refractivity contribution in [2.45, 2.75) is 51.9 Å². The Morgan fingerprint density at radius 2 is 1.84 bits per heavy atom. The third-order valence-corrected chi connectivity index (χ3v) is 9.43. The van der Waals surface area contributed by atoms with Gasteiger partial charge in [-0.25, -0.2) is 13.4 Å². The van der Waals surface area contributed by atoms with E-state index in [1.807, 2.05) is 24.3 Å². The van der Waals surface area contributed by atoms with Crippen molar-refractivity contribution >= 4 is 32.7 Å². The first-order valence-corrected chi connectivity index (χ1v) is 15.9. The molecule has 0 amide bonds. The predicted octanol–water partition coefficient (Wildman–Crippen LogP) is 4.25. The average molecular weight is 632 g/mol. The number of likely N-dealkylation sites (tertiary alicyclic amines) is 1. The molecule has 4 heterocycles. The molecular formula is C29H32F3N7O4S. The Kier molecular flexibility index (Phi) is 7.64. The van der Waals surface area contributed by atoms with E-state index in [1.54, 1.807) is 6.20 Å². The lowest BCUT2D eigenvalue weighted by molar-refractivity contribution is -0.106. The molecular weight excluding hydrogens is 599 g/mol. The van der Waals surface area contributed by atoms with Gasteiger partial charge in [-0.15, -0.1) is 0 Å². The summed E-state index contributed by atoms with van der Waals surface area (Å²) in [6.45, 7) is 5.07. The number of rotatable bonds is 9. The van der Waals surface area contributed by atoms with Crippen molar-refractivity contribution in [2.75, 3.05) is 31.2 Å². The SMILES string of the molecule is Cc1nn(S(=O)(=O)CC(F)(F)F)c(C)c1-c1cc2cnc(Nc3ccc(OC4CCN(C)C4)cc3)nc2n(CC2CC2)c1=O. The third-order valence-electron chi connectivity index (χ3n) is 7.86. The maximum Gasteiger partial charge on any atom is 0.404 e. The Bertz CT molecular complexity index is 1880. The van der Waals surface area contributed by atoms with Crippen LogP contribution in [0.3, 0.4) is 0 Å². The molecule has 0 spiro atoms. The second-order valence-corrected chi connectivity index (χ2v) is 13.4. The molecule has 1 N–H and O–H groups in total. The lowest BCUT2D eigenvalue weighted by Crippen LogP contribution is -2.29. The van der Waals surface area contributed by atoms with Crippen LogP contribution in [0.15, 0.2) is 41.3 Å². The monoisotopic (exact) mass is 631 g/mol. The highest BCUT2D eigenvalue weighted by Crippen LogP contribution is 2.33. The molecule has 11 nitrogen and oxygen atoms in total. The molecule has 234 valence electrons. The number of anilines is 2. The Labute approximate surface area is 251 Å². The summed E-state index contributed by atoms with van der Waals surface area (Å²) in [7, 11) is -2.78.